The first kappa shape index (κ1) is 12.6. The zero-order valence-electron chi connectivity index (χ0n) is 10.4. The van der Waals surface area contributed by atoms with Gasteiger partial charge in [-0.1, -0.05) is 18.2 Å². The van der Waals surface area contributed by atoms with Crippen molar-refractivity contribution in [1.29, 1.82) is 0 Å². The third kappa shape index (κ3) is 2.54. The van der Waals surface area contributed by atoms with Crippen molar-refractivity contribution in [3.63, 3.8) is 0 Å². The van der Waals surface area contributed by atoms with Crippen LogP contribution in [0.25, 0.3) is 11.0 Å². The van der Waals surface area contributed by atoms with E-state index < -0.39 is 0 Å². The third-order valence-electron chi connectivity index (χ3n) is 2.89. The molecule has 0 aliphatic rings. The summed E-state index contributed by atoms with van der Waals surface area (Å²) in [5.74, 6) is 0.234. The number of para-hydroxylation sites is 1. The van der Waals surface area contributed by atoms with Crippen molar-refractivity contribution >= 4 is 16.9 Å². The lowest BCUT2D eigenvalue weighted by atomic mass is 10.2. The van der Waals surface area contributed by atoms with Gasteiger partial charge < -0.3 is 14.4 Å². The summed E-state index contributed by atoms with van der Waals surface area (Å²) in [5, 5.41) is 9.75. The Hall–Kier alpha value is -1.81. The number of hydrogen-bond acceptors (Lipinski definition) is 3. The van der Waals surface area contributed by atoms with Crippen LogP contribution in [0.4, 0.5) is 0 Å². The van der Waals surface area contributed by atoms with Gasteiger partial charge in [0.1, 0.15) is 5.58 Å². The number of hydrogen-bond donors (Lipinski definition) is 1. The largest absolute Gasteiger partial charge is 0.451 e. The van der Waals surface area contributed by atoms with Crippen LogP contribution in [-0.4, -0.2) is 35.6 Å². The molecular formula is C14H17NO3. The lowest BCUT2D eigenvalue weighted by Crippen LogP contribution is -2.31. The molecule has 1 aromatic heterocycles. The molecule has 0 fully saturated rings. The summed E-state index contributed by atoms with van der Waals surface area (Å²) in [4.78, 5) is 13.9. The second kappa shape index (κ2) is 5.69. The smallest absolute Gasteiger partial charge is 0.289 e. The minimum atomic E-state index is -0.123. The van der Waals surface area contributed by atoms with E-state index in [4.69, 9.17) is 9.52 Å². The number of aliphatic hydroxyl groups is 1. The summed E-state index contributed by atoms with van der Waals surface area (Å²) < 4.78 is 5.54. The van der Waals surface area contributed by atoms with Crippen LogP contribution < -0.4 is 0 Å². The average Bonchev–Trinajstić information content (AvgIpc) is 2.83. The number of benzene rings is 1. The molecule has 0 spiro atoms. The van der Waals surface area contributed by atoms with Crippen molar-refractivity contribution in [2.75, 3.05) is 19.7 Å². The summed E-state index contributed by atoms with van der Waals surface area (Å²) in [7, 11) is 0. The molecule has 0 saturated carbocycles. The highest BCUT2D eigenvalue weighted by molar-refractivity contribution is 5.96. The van der Waals surface area contributed by atoms with E-state index in [2.05, 4.69) is 0 Å². The molecule has 1 amide bonds. The zero-order valence-corrected chi connectivity index (χ0v) is 10.4. The van der Waals surface area contributed by atoms with Crippen molar-refractivity contribution in [2.45, 2.75) is 13.3 Å². The predicted octanol–water partition coefficient (Wildman–Crippen LogP) is 2.28. The topological polar surface area (TPSA) is 53.7 Å². The van der Waals surface area contributed by atoms with Gasteiger partial charge in [-0.05, 0) is 25.5 Å². The van der Waals surface area contributed by atoms with E-state index in [-0.39, 0.29) is 12.5 Å². The van der Waals surface area contributed by atoms with Crippen molar-refractivity contribution in [3.8, 4) is 0 Å². The molecule has 4 heteroatoms. The monoisotopic (exact) mass is 247 g/mol. The number of aliphatic hydroxyl groups excluding tert-OH is 1. The Balaban J connectivity index is 2.21. The molecule has 18 heavy (non-hydrogen) atoms. The van der Waals surface area contributed by atoms with Crippen LogP contribution in [0.2, 0.25) is 0 Å². The summed E-state index contributed by atoms with van der Waals surface area (Å²) in [6.07, 6.45) is 0.583. The van der Waals surface area contributed by atoms with Crippen LogP contribution >= 0.6 is 0 Å². The van der Waals surface area contributed by atoms with Crippen LogP contribution in [0.1, 0.15) is 23.9 Å². The molecule has 0 aliphatic heterocycles. The summed E-state index contributed by atoms with van der Waals surface area (Å²) in [6.45, 7) is 3.15. The Morgan fingerprint density at radius 3 is 2.83 bits per heavy atom. The van der Waals surface area contributed by atoms with Crippen LogP contribution in [0.15, 0.2) is 34.7 Å². The molecule has 2 aromatic rings. The van der Waals surface area contributed by atoms with Gasteiger partial charge in [0, 0.05) is 25.1 Å². The van der Waals surface area contributed by atoms with Crippen molar-refractivity contribution < 1.29 is 14.3 Å². The maximum Gasteiger partial charge on any atom is 0.289 e. The van der Waals surface area contributed by atoms with Crippen LogP contribution in [0, 0.1) is 0 Å². The minimum Gasteiger partial charge on any atom is -0.451 e. The Labute approximate surface area is 106 Å². The van der Waals surface area contributed by atoms with Gasteiger partial charge in [-0.25, -0.2) is 0 Å². The molecule has 0 aliphatic carbocycles. The summed E-state index contributed by atoms with van der Waals surface area (Å²) in [6, 6.07) is 9.31. The molecule has 0 saturated heterocycles. The molecule has 1 aromatic carbocycles. The molecule has 0 atom stereocenters. The predicted molar refractivity (Wildman–Crippen MR) is 69.5 cm³/mol. The quantitative estimate of drug-likeness (QED) is 0.881. The Bertz CT molecular complexity index is 500. The van der Waals surface area contributed by atoms with Crippen molar-refractivity contribution in [2.24, 2.45) is 0 Å². The van der Waals surface area contributed by atoms with Gasteiger partial charge in [0.25, 0.3) is 5.91 Å². The van der Waals surface area contributed by atoms with E-state index in [1.807, 2.05) is 31.2 Å². The number of carbonyl (C=O) groups excluding carboxylic acids is 1. The number of furan rings is 1. The fourth-order valence-electron chi connectivity index (χ4n) is 1.91. The highest BCUT2D eigenvalue weighted by atomic mass is 16.3. The normalized spacial score (nSPS) is 10.8. The molecule has 0 bridgehead atoms. The number of fused-ring (bicyclic) bond motifs is 1. The summed E-state index contributed by atoms with van der Waals surface area (Å²) in [5.41, 5.74) is 0.721. The van der Waals surface area contributed by atoms with Gasteiger partial charge in [-0.3, -0.25) is 4.79 Å². The molecule has 2 rings (SSSR count). The molecule has 1 heterocycles. The lowest BCUT2D eigenvalue weighted by Gasteiger charge is -2.18. The zero-order chi connectivity index (χ0) is 13.0. The second-order valence-electron chi connectivity index (χ2n) is 4.11. The molecule has 4 nitrogen and oxygen atoms in total. The maximum atomic E-state index is 12.2. The van der Waals surface area contributed by atoms with Gasteiger partial charge in [0.05, 0.1) is 0 Å². The van der Waals surface area contributed by atoms with Crippen LogP contribution in [-0.2, 0) is 0 Å². The van der Waals surface area contributed by atoms with Crippen molar-refractivity contribution in [1.82, 2.24) is 4.90 Å². The Morgan fingerprint density at radius 1 is 1.39 bits per heavy atom. The van der Waals surface area contributed by atoms with Gasteiger partial charge in [0.15, 0.2) is 5.76 Å². The highest BCUT2D eigenvalue weighted by Gasteiger charge is 2.17. The average molecular weight is 247 g/mol. The third-order valence-corrected chi connectivity index (χ3v) is 2.89. The first-order chi connectivity index (χ1) is 8.76. The number of rotatable bonds is 5. The Kier molecular flexibility index (Phi) is 3.99. The molecule has 0 radical (unpaired) electrons. The fourth-order valence-corrected chi connectivity index (χ4v) is 1.91. The van der Waals surface area contributed by atoms with E-state index in [0.29, 0.717) is 25.3 Å². The summed E-state index contributed by atoms with van der Waals surface area (Å²) >= 11 is 0. The van der Waals surface area contributed by atoms with Gasteiger partial charge in [0.2, 0.25) is 0 Å². The van der Waals surface area contributed by atoms with Crippen molar-refractivity contribution in [3.05, 3.63) is 36.1 Å². The SMILES string of the molecule is CCN(CCCO)C(=O)c1cc2ccccc2o1. The van der Waals surface area contributed by atoms with Gasteiger partial charge in [-0.15, -0.1) is 0 Å². The first-order valence-corrected chi connectivity index (χ1v) is 6.15. The number of nitrogens with zero attached hydrogens (tertiary/aromatic N) is 1. The standard InChI is InChI=1S/C14H17NO3/c1-2-15(8-5-9-16)14(17)13-10-11-6-3-4-7-12(11)18-13/h3-4,6-7,10,16H,2,5,8-9H2,1H3. The van der Waals surface area contributed by atoms with Gasteiger partial charge in [-0.2, -0.15) is 0 Å². The maximum absolute atomic E-state index is 12.2. The number of carbonyl (C=O) groups is 1. The van der Waals surface area contributed by atoms with E-state index in [9.17, 15) is 4.79 Å². The molecule has 0 unspecified atom stereocenters. The minimum absolute atomic E-state index is 0.0872. The van der Waals surface area contributed by atoms with Crippen LogP contribution in [0.5, 0.6) is 0 Å². The lowest BCUT2D eigenvalue weighted by molar-refractivity contribution is 0.0725. The van der Waals surface area contributed by atoms with E-state index >= 15 is 0 Å². The first-order valence-electron chi connectivity index (χ1n) is 6.15. The van der Waals surface area contributed by atoms with E-state index in [1.54, 1.807) is 11.0 Å². The van der Waals surface area contributed by atoms with Crippen LogP contribution in [0.3, 0.4) is 0 Å². The van der Waals surface area contributed by atoms with E-state index in [1.165, 1.54) is 0 Å². The van der Waals surface area contributed by atoms with E-state index in [0.717, 1.165) is 11.0 Å². The molecule has 96 valence electrons. The molecule has 1 N–H and O–H groups in total. The number of amides is 1. The van der Waals surface area contributed by atoms with Gasteiger partial charge >= 0.3 is 0 Å². The Morgan fingerprint density at radius 2 is 2.17 bits per heavy atom. The highest BCUT2D eigenvalue weighted by Crippen LogP contribution is 2.20. The second-order valence-corrected chi connectivity index (χ2v) is 4.11. The fraction of sp³-hybridized carbons (Fsp3) is 0.357. The molecular weight excluding hydrogens is 230 g/mol.